The summed E-state index contributed by atoms with van der Waals surface area (Å²) >= 11 is 0. The number of nitrogens with zero attached hydrogens (tertiary/aromatic N) is 1. The van der Waals surface area contributed by atoms with Gasteiger partial charge in [-0.25, -0.2) is 0 Å². The van der Waals surface area contributed by atoms with Gasteiger partial charge in [0.05, 0.1) is 25.4 Å². The molecule has 3 aromatic rings. The highest BCUT2D eigenvalue weighted by molar-refractivity contribution is 5.85. The van der Waals surface area contributed by atoms with Crippen LogP contribution < -0.4 is 10.1 Å². The second-order valence-corrected chi connectivity index (χ2v) is 8.37. The van der Waals surface area contributed by atoms with Crippen molar-refractivity contribution in [3.63, 3.8) is 0 Å². The minimum atomic E-state index is -0.165. The van der Waals surface area contributed by atoms with Gasteiger partial charge in [-0.15, -0.1) is 24.8 Å². The Hall–Kier alpha value is -2.11. The number of piperidine rings is 1. The molecular formula is C26H30Cl2N2O2. The zero-order chi connectivity index (χ0) is 20.4. The van der Waals surface area contributed by atoms with Crippen LogP contribution in [0.5, 0.6) is 5.75 Å². The van der Waals surface area contributed by atoms with Crippen molar-refractivity contribution >= 4 is 24.8 Å². The lowest BCUT2D eigenvalue weighted by molar-refractivity contribution is -0.0484. The number of halogens is 2. The number of ether oxygens (including phenoxy) is 2. The first-order valence-corrected chi connectivity index (χ1v) is 10.8. The van der Waals surface area contributed by atoms with Crippen LogP contribution in [0.15, 0.2) is 73.1 Å². The number of methoxy groups -OCH3 is 1. The van der Waals surface area contributed by atoms with Crippen molar-refractivity contribution in [3.05, 3.63) is 84.2 Å². The molecule has 6 heteroatoms. The van der Waals surface area contributed by atoms with E-state index >= 15 is 0 Å². The second kappa shape index (κ2) is 10.7. The summed E-state index contributed by atoms with van der Waals surface area (Å²) in [7, 11) is 1.76. The molecule has 2 aromatic carbocycles. The SMILES string of the molecule is COc1ccc(-c2ccncc2)cc1[C@H]1CO[C@]2(CCCN[C@H]2c2ccccc2)C1.Cl.Cl. The fourth-order valence-corrected chi connectivity index (χ4v) is 5.19. The first kappa shape index (κ1) is 24.5. The van der Waals surface area contributed by atoms with Crippen molar-refractivity contribution in [1.29, 1.82) is 0 Å². The van der Waals surface area contributed by atoms with Gasteiger partial charge in [-0.2, -0.15) is 0 Å². The van der Waals surface area contributed by atoms with Crippen LogP contribution in [0, 0.1) is 0 Å². The van der Waals surface area contributed by atoms with Crippen molar-refractivity contribution in [2.75, 3.05) is 20.3 Å². The average Bonchev–Trinajstić information content (AvgIpc) is 3.24. The van der Waals surface area contributed by atoms with E-state index in [0.717, 1.165) is 38.2 Å². The highest BCUT2D eigenvalue weighted by Crippen LogP contribution is 2.49. The van der Waals surface area contributed by atoms with Gasteiger partial charge in [0.2, 0.25) is 0 Å². The van der Waals surface area contributed by atoms with Gasteiger partial charge < -0.3 is 14.8 Å². The standard InChI is InChI=1S/C26H28N2O2.2ClH/c1-29-24-9-8-21(19-10-14-27-15-11-19)16-23(24)22-17-26(30-18-22)12-5-13-28-25(26)20-6-3-2-4-7-20;;/h2-4,6-11,14-16,22,25,28H,5,12-13,17-18H2,1H3;2*1H/t22-,25+,26-;;/m1../s1. The van der Waals surface area contributed by atoms with Crippen molar-refractivity contribution in [3.8, 4) is 16.9 Å². The molecule has 0 radical (unpaired) electrons. The molecule has 0 aliphatic carbocycles. The van der Waals surface area contributed by atoms with Gasteiger partial charge >= 0.3 is 0 Å². The Bertz CT molecular complexity index is 1000. The smallest absolute Gasteiger partial charge is 0.122 e. The van der Waals surface area contributed by atoms with E-state index < -0.39 is 0 Å². The molecule has 2 fully saturated rings. The normalized spacial score (nSPS) is 24.4. The molecule has 0 amide bonds. The highest BCUT2D eigenvalue weighted by Gasteiger charge is 2.49. The molecule has 0 saturated carbocycles. The van der Waals surface area contributed by atoms with Crippen LogP contribution >= 0.6 is 24.8 Å². The number of benzene rings is 2. The first-order chi connectivity index (χ1) is 14.8. The van der Waals surface area contributed by atoms with E-state index in [0.29, 0.717) is 5.92 Å². The number of pyridine rings is 1. The van der Waals surface area contributed by atoms with Crippen molar-refractivity contribution in [2.45, 2.75) is 36.8 Å². The summed E-state index contributed by atoms with van der Waals surface area (Å²) in [6.07, 6.45) is 6.90. The minimum Gasteiger partial charge on any atom is -0.496 e. The Morgan fingerprint density at radius 2 is 1.78 bits per heavy atom. The van der Waals surface area contributed by atoms with E-state index in [-0.39, 0.29) is 36.5 Å². The van der Waals surface area contributed by atoms with Crippen LogP contribution in [0.1, 0.15) is 42.3 Å². The molecule has 2 saturated heterocycles. The molecule has 0 bridgehead atoms. The molecular weight excluding hydrogens is 443 g/mol. The molecule has 1 N–H and O–H groups in total. The Morgan fingerprint density at radius 3 is 2.53 bits per heavy atom. The third-order valence-corrected chi connectivity index (χ3v) is 6.63. The van der Waals surface area contributed by atoms with E-state index in [4.69, 9.17) is 9.47 Å². The topological polar surface area (TPSA) is 43.4 Å². The summed E-state index contributed by atoms with van der Waals surface area (Å²) in [6.45, 7) is 1.76. The average molecular weight is 473 g/mol. The zero-order valence-corrected chi connectivity index (χ0v) is 19.8. The number of aromatic nitrogens is 1. The van der Waals surface area contributed by atoms with Gasteiger partial charge in [0.15, 0.2) is 0 Å². The zero-order valence-electron chi connectivity index (χ0n) is 18.2. The molecule has 0 unspecified atom stereocenters. The molecule has 170 valence electrons. The third-order valence-electron chi connectivity index (χ3n) is 6.63. The van der Waals surface area contributed by atoms with Gasteiger partial charge in [0.1, 0.15) is 5.75 Å². The molecule has 4 nitrogen and oxygen atoms in total. The van der Waals surface area contributed by atoms with Crippen LogP contribution in [-0.4, -0.2) is 30.8 Å². The maximum absolute atomic E-state index is 6.63. The Balaban J connectivity index is 0.00000144. The molecule has 1 spiro atoms. The molecule has 2 aliphatic rings. The third kappa shape index (κ3) is 4.65. The van der Waals surface area contributed by atoms with Crippen LogP contribution in [0.2, 0.25) is 0 Å². The van der Waals surface area contributed by atoms with Gasteiger partial charge in [0.25, 0.3) is 0 Å². The Morgan fingerprint density at radius 1 is 1.00 bits per heavy atom. The van der Waals surface area contributed by atoms with Crippen molar-refractivity contribution < 1.29 is 9.47 Å². The van der Waals surface area contributed by atoms with Crippen molar-refractivity contribution in [2.24, 2.45) is 0 Å². The largest absolute Gasteiger partial charge is 0.496 e. The highest BCUT2D eigenvalue weighted by atomic mass is 35.5. The lowest BCUT2D eigenvalue weighted by Crippen LogP contribution is -2.48. The monoisotopic (exact) mass is 472 g/mol. The van der Waals surface area contributed by atoms with Crippen LogP contribution in [0.4, 0.5) is 0 Å². The number of hydrogen-bond donors (Lipinski definition) is 1. The summed E-state index contributed by atoms with van der Waals surface area (Å²) in [5.74, 6) is 1.26. The molecule has 2 aliphatic heterocycles. The van der Waals surface area contributed by atoms with Crippen LogP contribution in [0.25, 0.3) is 11.1 Å². The first-order valence-electron chi connectivity index (χ1n) is 10.8. The minimum absolute atomic E-state index is 0. The summed E-state index contributed by atoms with van der Waals surface area (Å²) in [6, 6.07) is 21.6. The molecule has 5 rings (SSSR count). The van der Waals surface area contributed by atoms with Crippen molar-refractivity contribution in [1.82, 2.24) is 10.3 Å². The maximum Gasteiger partial charge on any atom is 0.122 e. The summed E-state index contributed by atoms with van der Waals surface area (Å²) in [5, 5.41) is 3.74. The lowest BCUT2D eigenvalue weighted by atomic mass is 9.76. The van der Waals surface area contributed by atoms with Gasteiger partial charge in [0, 0.05) is 23.9 Å². The lowest BCUT2D eigenvalue weighted by Gasteiger charge is -2.41. The fraction of sp³-hybridized carbons (Fsp3) is 0.346. The summed E-state index contributed by atoms with van der Waals surface area (Å²) < 4.78 is 12.4. The quantitative estimate of drug-likeness (QED) is 0.507. The Kier molecular flexibility index (Phi) is 8.18. The Labute approximate surface area is 202 Å². The number of hydrogen-bond acceptors (Lipinski definition) is 4. The predicted octanol–water partition coefficient (Wildman–Crippen LogP) is 5.97. The number of rotatable bonds is 4. The molecule has 32 heavy (non-hydrogen) atoms. The van der Waals surface area contributed by atoms with Crippen LogP contribution in [-0.2, 0) is 4.74 Å². The van der Waals surface area contributed by atoms with E-state index in [2.05, 4.69) is 71.0 Å². The van der Waals surface area contributed by atoms with Gasteiger partial charge in [-0.1, -0.05) is 36.4 Å². The second-order valence-electron chi connectivity index (χ2n) is 8.37. The fourth-order valence-electron chi connectivity index (χ4n) is 5.19. The molecule has 3 atom stereocenters. The van der Waals surface area contributed by atoms with Crippen LogP contribution in [0.3, 0.4) is 0 Å². The van der Waals surface area contributed by atoms with E-state index in [1.807, 2.05) is 12.4 Å². The number of nitrogens with one attached hydrogen (secondary N) is 1. The molecule has 1 aromatic heterocycles. The van der Waals surface area contributed by atoms with Gasteiger partial charge in [-0.05, 0) is 66.8 Å². The van der Waals surface area contributed by atoms with Gasteiger partial charge in [-0.3, -0.25) is 4.98 Å². The molecule has 3 heterocycles. The summed E-state index contributed by atoms with van der Waals surface area (Å²) in [5.41, 5.74) is 4.75. The van der Waals surface area contributed by atoms with E-state index in [1.165, 1.54) is 22.3 Å². The predicted molar refractivity (Wildman–Crippen MR) is 133 cm³/mol. The van der Waals surface area contributed by atoms with E-state index in [9.17, 15) is 0 Å². The van der Waals surface area contributed by atoms with E-state index in [1.54, 1.807) is 7.11 Å². The maximum atomic E-state index is 6.63. The summed E-state index contributed by atoms with van der Waals surface area (Å²) in [4.78, 5) is 4.15.